The minimum Gasteiger partial charge on any atom is -0.462 e. The van der Waals surface area contributed by atoms with E-state index in [0.29, 0.717) is 19.3 Å². The minimum absolute atomic E-state index is 0.0925. The van der Waals surface area contributed by atoms with E-state index in [4.69, 9.17) is 14.2 Å². The van der Waals surface area contributed by atoms with E-state index in [1.807, 2.05) is 0 Å². The van der Waals surface area contributed by atoms with Crippen LogP contribution in [0.5, 0.6) is 0 Å². The van der Waals surface area contributed by atoms with Gasteiger partial charge in [-0.15, -0.1) is 0 Å². The number of unbranched alkanes of at least 4 members (excludes halogenated alkanes) is 29. The van der Waals surface area contributed by atoms with Crippen LogP contribution < -0.4 is 0 Å². The van der Waals surface area contributed by atoms with Gasteiger partial charge in [0, 0.05) is 19.3 Å². The predicted molar refractivity (Wildman–Crippen MR) is 348 cm³/mol. The topological polar surface area (TPSA) is 78.9 Å². The average molecular weight is 1110 g/mol. The van der Waals surface area contributed by atoms with Crippen LogP contribution in [0.3, 0.4) is 0 Å². The second-order valence-electron chi connectivity index (χ2n) is 22.0. The molecular weight excluding hydrogens is 985 g/mol. The first kappa shape index (κ1) is 75.8. The Bertz CT molecular complexity index is 1650. The Kier molecular flexibility index (Phi) is 63.8. The normalized spacial score (nSPS) is 12.9. The third kappa shape index (κ3) is 64.6. The first-order chi connectivity index (χ1) is 39.5. The molecule has 0 N–H and O–H groups in total. The molecule has 6 nitrogen and oxygen atoms in total. The van der Waals surface area contributed by atoms with Gasteiger partial charge in [-0.1, -0.05) is 303 Å². The molecule has 0 aromatic rings. The molecule has 0 aromatic carbocycles. The number of hydrogen-bond donors (Lipinski definition) is 0. The van der Waals surface area contributed by atoms with Gasteiger partial charge in [-0.25, -0.2) is 0 Å². The average Bonchev–Trinajstić information content (AvgIpc) is 3.46. The maximum atomic E-state index is 12.9. The molecule has 0 radical (unpaired) electrons. The fourth-order valence-electron chi connectivity index (χ4n) is 9.26. The molecule has 0 saturated carbocycles. The number of allylic oxidation sites excluding steroid dienone is 20. The second kappa shape index (κ2) is 67.3. The van der Waals surface area contributed by atoms with Gasteiger partial charge in [-0.05, 0) is 109 Å². The van der Waals surface area contributed by atoms with Crippen LogP contribution in [-0.2, 0) is 28.6 Å². The zero-order chi connectivity index (χ0) is 57.8. The molecule has 456 valence electrons. The van der Waals surface area contributed by atoms with E-state index in [0.717, 1.165) is 116 Å². The Hall–Kier alpha value is -4.19. The molecule has 0 amide bonds. The van der Waals surface area contributed by atoms with Crippen molar-refractivity contribution in [3.05, 3.63) is 122 Å². The SMILES string of the molecule is CC/C=C\C/C=C\C/C=C\C/C=C\C/C=C\C/C=C\CCCCCCCCCCCCCCCCC(=O)OCC(COC(=O)CCCCCCCCCCCCCCCC)OC(=O)CCCC/C=C\C/C=C\C/C=C\C/C=C\CC. The Balaban J connectivity index is 4.23. The van der Waals surface area contributed by atoms with Gasteiger partial charge in [-0.3, -0.25) is 14.4 Å². The number of hydrogen-bond acceptors (Lipinski definition) is 6. The molecule has 1 atom stereocenters. The summed E-state index contributed by atoms with van der Waals surface area (Å²) < 4.78 is 16.9. The summed E-state index contributed by atoms with van der Waals surface area (Å²) in [5.41, 5.74) is 0. The van der Waals surface area contributed by atoms with Gasteiger partial charge in [0.2, 0.25) is 0 Å². The summed E-state index contributed by atoms with van der Waals surface area (Å²) >= 11 is 0. The molecule has 0 fully saturated rings. The molecule has 1 unspecified atom stereocenters. The van der Waals surface area contributed by atoms with Gasteiger partial charge in [-0.2, -0.15) is 0 Å². The maximum Gasteiger partial charge on any atom is 0.306 e. The summed E-state index contributed by atoms with van der Waals surface area (Å²) in [4.78, 5) is 38.3. The Morgan fingerprint density at radius 1 is 0.263 bits per heavy atom. The van der Waals surface area contributed by atoms with E-state index in [-0.39, 0.29) is 37.5 Å². The van der Waals surface area contributed by atoms with Crippen LogP contribution in [0.4, 0.5) is 0 Å². The summed E-state index contributed by atoms with van der Waals surface area (Å²) in [6.07, 6.45) is 93.7. The first-order valence-corrected chi connectivity index (χ1v) is 33.5. The summed E-state index contributed by atoms with van der Waals surface area (Å²) in [5, 5.41) is 0. The van der Waals surface area contributed by atoms with Crippen LogP contribution in [0.15, 0.2) is 122 Å². The third-order valence-corrected chi connectivity index (χ3v) is 14.2. The maximum absolute atomic E-state index is 12.9. The number of carbonyl (C=O) groups excluding carboxylic acids is 3. The van der Waals surface area contributed by atoms with Crippen molar-refractivity contribution in [3.63, 3.8) is 0 Å². The highest BCUT2D eigenvalue weighted by Crippen LogP contribution is 2.17. The molecular formula is C74H124O6. The smallest absolute Gasteiger partial charge is 0.306 e. The van der Waals surface area contributed by atoms with E-state index in [2.05, 4.69) is 142 Å². The molecule has 0 aliphatic heterocycles. The lowest BCUT2D eigenvalue weighted by molar-refractivity contribution is -0.167. The van der Waals surface area contributed by atoms with Gasteiger partial charge in [0.1, 0.15) is 13.2 Å². The van der Waals surface area contributed by atoms with Crippen molar-refractivity contribution in [2.75, 3.05) is 13.2 Å². The van der Waals surface area contributed by atoms with Crippen LogP contribution in [0.1, 0.15) is 310 Å². The number of ether oxygens (including phenoxy) is 3. The summed E-state index contributed by atoms with van der Waals surface area (Å²) in [6.45, 7) is 6.40. The van der Waals surface area contributed by atoms with Crippen molar-refractivity contribution in [1.82, 2.24) is 0 Å². The fraction of sp³-hybridized carbons (Fsp3) is 0.689. The van der Waals surface area contributed by atoms with E-state index in [1.54, 1.807) is 0 Å². The molecule has 0 rings (SSSR count). The van der Waals surface area contributed by atoms with Crippen molar-refractivity contribution < 1.29 is 28.6 Å². The van der Waals surface area contributed by atoms with Crippen LogP contribution in [-0.4, -0.2) is 37.2 Å². The largest absolute Gasteiger partial charge is 0.462 e. The van der Waals surface area contributed by atoms with Gasteiger partial charge >= 0.3 is 17.9 Å². The molecule has 0 aromatic heterocycles. The van der Waals surface area contributed by atoms with Gasteiger partial charge in [0.15, 0.2) is 6.10 Å². The second-order valence-corrected chi connectivity index (χ2v) is 22.0. The van der Waals surface area contributed by atoms with Crippen LogP contribution in [0.2, 0.25) is 0 Å². The molecule has 0 aliphatic carbocycles. The monoisotopic (exact) mass is 1110 g/mol. The predicted octanol–water partition coefficient (Wildman–Crippen LogP) is 23.2. The van der Waals surface area contributed by atoms with Gasteiger partial charge in [0.05, 0.1) is 0 Å². The van der Waals surface area contributed by atoms with Crippen molar-refractivity contribution in [3.8, 4) is 0 Å². The number of esters is 3. The third-order valence-electron chi connectivity index (χ3n) is 14.2. The summed E-state index contributed by atoms with van der Waals surface area (Å²) in [5.74, 6) is -0.926. The number of carbonyl (C=O) groups is 3. The quantitative estimate of drug-likeness (QED) is 0.0261. The molecule has 80 heavy (non-hydrogen) atoms. The van der Waals surface area contributed by atoms with Crippen molar-refractivity contribution in [2.24, 2.45) is 0 Å². The van der Waals surface area contributed by atoms with Crippen molar-refractivity contribution >= 4 is 17.9 Å². The lowest BCUT2D eigenvalue weighted by Gasteiger charge is -2.18. The molecule has 0 spiro atoms. The highest BCUT2D eigenvalue weighted by molar-refractivity contribution is 5.71. The van der Waals surface area contributed by atoms with Crippen molar-refractivity contribution in [1.29, 1.82) is 0 Å². The highest BCUT2D eigenvalue weighted by Gasteiger charge is 2.19. The summed E-state index contributed by atoms with van der Waals surface area (Å²) in [6, 6.07) is 0. The van der Waals surface area contributed by atoms with Crippen molar-refractivity contribution in [2.45, 2.75) is 316 Å². The molecule has 0 aliphatic rings. The fourth-order valence-corrected chi connectivity index (χ4v) is 9.26. The molecule has 6 heteroatoms. The van der Waals surface area contributed by atoms with E-state index >= 15 is 0 Å². The first-order valence-electron chi connectivity index (χ1n) is 33.5. The Morgan fingerprint density at radius 2 is 0.487 bits per heavy atom. The lowest BCUT2D eigenvalue weighted by Crippen LogP contribution is -2.30. The van der Waals surface area contributed by atoms with E-state index < -0.39 is 6.10 Å². The van der Waals surface area contributed by atoms with Crippen LogP contribution >= 0.6 is 0 Å². The summed E-state index contributed by atoms with van der Waals surface area (Å²) in [7, 11) is 0. The van der Waals surface area contributed by atoms with Crippen LogP contribution in [0.25, 0.3) is 0 Å². The Morgan fingerprint density at radius 3 is 0.787 bits per heavy atom. The standard InChI is InChI=1S/C74H124O6/c1-4-7-10-13-16-19-22-25-28-29-30-31-32-33-34-35-36-37-38-39-40-41-42-43-44-45-47-49-52-55-58-61-64-67-73(76)79-70-71(69-78-72(75)66-63-60-57-54-51-48-27-24-21-18-15-12-9-6-3)80-74(77)68-65-62-59-56-53-50-46-26-23-20-17-14-11-8-5-2/h7-8,10-11,16-17,19-20,25-26,28,30-31,33-34,36-37,46,53,56,71H,4-6,9,12-15,18,21-24,27,29,32,35,38-45,47-52,54-55,57-70H2,1-3H3/b10-7-,11-8-,19-16-,20-17-,28-25-,31-30-,34-33-,37-36-,46-26-,56-53-. The zero-order valence-electron chi connectivity index (χ0n) is 52.3. The van der Waals surface area contributed by atoms with E-state index in [1.165, 1.54) is 148 Å². The minimum atomic E-state index is -0.800. The van der Waals surface area contributed by atoms with Gasteiger partial charge in [0.25, 0.3) is 0 Å². The molecule has 0 heterocycles. The van der Waals surface area contributed by atoms with E-state index in [9.17, 15) is 14.4 Å². The highest BCUT2D eigenvalue weighted by atomic mass is 16.6. The number of rotatable bonds is 60. The molecule has 0 saturated heterocycles. The van der Waals surface area contributed by atoms with Crippen LogP contribution in [0, 0.1) is 0 Å². The lowest BCUT2D eigenvalue weighted by atomic mass is 10.0. The zero-order valence-corrected chi connectivity index (χ0v) is 52.3. The van der Waals surface area contributed by atoms with Gasteiger partial charge < -0.3 is 14.2 Å². The Labute approximate surface area is 494 Å². The molecule has 0 bridgehead atoms.